The molecule has 0 spiro atoms. The number of halogens is 1. The Morgan fingerprint density at radius 2 is 1.72 bits per heavy atom. The van der Waals surface area contributed by atoms with Gasteiger partial charge in [0.05, 0.1) is 5.71 Å². The molecule has 1 aromatic rings. The van der Waals surface area contributed by atoms with E-state index >= 15 is 0 Å². The largest absolute Gasteiger partial charge is 0.298 e. The van der Waals surface area contributed by atoms with Gasteiger partial charge in [0.15, 0.2) is 5.78 Å². The Bertz CT molecular complexity index is 480. The van der Waals surface area contributed by atoms with Crippen LogP contribution in [0.4, 0.5) is 0 Å². The molecule has 0 aromatic heterocycles. The fourth-order valence-corrected chi connectivity index (χ4v) is 1.48. The van der Waals surface area contributed by atoms with Crippen LogP contribution in [0.15, 0.2) is 29.4 Å². The lowest BCUT2D eigenvalue weighted by Crippen LogP contribution is -2.29. The highest BCUT2D eigenvalue weighted by Crippen LogP contribution is 2.10. The first kappa shape index (κ1) is 14.4. The Morgan fingerprint density at radius 3 is 2.17 bits per heavy atom. The second-order valence-corrected chi connectivity index (χ2v) is 4.41. The van der Waals surface area contributed by atoms with Crippen molar-refractivity contribution in [3.05, 3.63) is 34.9 Å². The van der Waals surface area contributed by atoms with Gasteiger partial charge in [0.1, 0.15) is 6.54 Å². The van der Waals surface area contributed by atoms with Crippen molar-refractivity contribution in [2.75, 3.05) is 6.54 Å². The summed E-state index contributed by atoms with van der Waals surface area (Å²) in [5, 5.41) is 5.95. The molecule has 0 fully saturated rings. The summed E-state index contributed by atoms with van der Waals surface area (Å²) in [5.41, 5.74) is 1.51. The van der Waals surface area contributed by atoms with Crippen LogP contribution in [0.3, 0.4) is 0 Å². The van der Waals surface area contributed by atoms with Crippen LogP contribution < -0.4 is 0 Å². The lowest BCUT2D eigenvalue weighted by Gasteiger charge is -2.14. The van der Waals surface area contributed by atoms with E-state index in [2.05, 4.69) is 5.10 Å². The van der Waals surface area contributed by atoms with Crippen molar-refractivity contribution in [3.8, 4) is 0 Å². The maximum Gasteiger partial charge on any atom is 0.239 e. The van der Waals surface area contributed by atoms with Crippen LogP contribution in [-0.4, -0.2) is 29.0 Å². The molecule has 0 aliphatic carbocycles. The van der Waals surface area contributed by atoms with E-state index in [1.165, 1.54) is 13.8 Å². The Balaban J connectivity index is 2.94. The highest BCUT2D eigenvalue weighted by molar-refractivity contribution is 6.30. The van der Waals surface area contributed by atoms with Gasteiger partial charge in [0.2, 0.25) is 5.91 Å². The topological polar surface area (TPSA) is 49.7 Å². The molecule has 0 aliphatic heterocycles. The van der Waals surface area contributed by atoms with E-state index < -0.39 is 0 Å². The van der Waals surface area contributed by atoms with Crippen LogP contribution in [0.5, 0.6) is 0 Å². The molecule has 0 N–H and O–H groups in total. The lowest BCUT2D eigenvalue weighted by molar-refractivity contribution is -0.133. The quantitative estimate of drug-likeness (QED) is 0.621. The summed E-state index contributed by atoms with van der Waals surface area (Å²) in [6.45, 7) is 4.56. The van der Waals surface area contributed by atoms with Crippen molar-refractivity contribution in [3.63, 3.8) is 0 Å². The number of carbonyl (C=O) groups excluding carboxylic acids is 2. The summed E-state index contributed by atoms with van der Waals surface area (Å²) in [6, 6.07) is 7.12. The standard InChI is InChI=1S/C13H15ClN2O2/c1-9(17)8-16(11(3)18)15-10(2)12-4-6-13(14)7-5-12/h4-7H,8H2,1-3H3/b15-10+. The van der Waals surface area contributed by atoms with Crippen molar-refractivity contribution in [1.29, 1.82) is 0 Å². The fraction of sp³-hybridized carbons (Fsp3) is 0.308. The third kappa shape index (κ3) is 4.30. The first-order chi connectivity index (χ1) is 8.40. The molecule has 0 saturated carbocycles. The van der Waals surface area contributed by atoms with Gasteiger partial charge in [0.25, 0.3) is 0 Å². The van der Waals surface area contributed by atoms with Gasteiger partial charge in [0, 0.05) is 11.9 Å². The summed E-state index contributed by atoms with van der Waals surface area (Å²) < 4.78 is 0. The van der Waals surface area contributed by atoms with Gasteiger partial charge in [-0.3, -0.25) is 9.59 Å². The Morgan fingerprint density at radius 1 is 1.17 bits per heavy atom. The molecular formula is C13H15ClN2O2. The van der Waals surface area contributed by atoms with E-state index in [9.17, 15) is 9.59 Å². The van der Waals surface area contributed by atoms with Gasteiger partial charge < -0.3 is 0 Å². The van der Waals surface area contributed by atoms with E-state index in [0.717, 1.165) is 10.6 Å². The van der Waals surface area contributed by atoms with E-state index in [0.29, 0.717) is 10.7 Å². The summed E-state index contributed by atoms with van der Waals surface area (Å²) in [4.78, 5) is 22.4. The molecule has 96 valence electrons. The molecule has 18 heavy (non-hydrogen) atoms. The zero-order chi connectivity index (χ0) is 13.7. The number of hydrazone groups is 1. The Kier molecular flexibility index (Phi) is 5.04. The molecule has 1 amide bonds. The summed E-state index contributed by atoms with van der Waals surface area (Å²) in [7, 11) is 0. The molecule has 1 aromatic carbocycles. The number of carbonyl (C=O) groups is 2. The molecule has 0 aliphatic rings. The minimum Gasteiger partial charge on any atom is -0.298 e. The van der Waals surface area contributed by atoms with Crippen LogP contribution >= 0.6 is 11.6 Å². The normalized spacial score (nSPS) is 11.2. The molecule has 1 rings (SSSR count). The van der Waals surface area contributed by atoms with Crippen molar-refractivity contribution in [2.45, 2.75) is 20.8 Å². The Hall–Kier alpha value is -1.68. The third-order valence-electron chi connectivity index (χ3n) is 2.27. The minimum atomic E-state index is -0.265. The van der Waals surface area contributed by atoms with Gasteiger partial charge in [-0.1, -0.05) is 23.7 Å². The number of hydrogen-bond acceptors (Lipinski definition) is 3. The van der Waals surface area contributed by atoms with Gasteiger partial charge in [-0.15, -0.1) is 0 Å². The minimum absolute atomic E-state index is 0.0136. The smallest absolute Gasteiger partial charge is 0.239 e. The molecule has 0 bridgehead atoms. The van der Waals surface area contributed by atoms with E-state index in [-0.39, 0.29) is 18.2 Å². The number of amides is 1. The highest BCUT2D eigenvalue weighted by atomic mass is 35.5. The van der Waals surface area contributed by atoms with E-state index in [4.69, 9.17) is 11.6 Å². The van der Waals surface area contributed by atoms with Gasteiger partial charge in [-0.05, 0) is 31.5 Å². The first-order valence-corrected chi connectivity index (χ1v) is 5.86. The maximum atomic E-state index is 11.3. The van der Waals surface area contributed by atoms with Crippen LogP contribution in [-0.2, 0) is 9.59 Å². The molecular weight excluding hydrogens is 252 g/mol. The summed E-state index contributed by atoms with van der Waals surface area (Å²) in [5.74, 6) is -0.378. The highest BCUT2D eigenvalue weighted by Gasteiger charge is 2.10. The average molecular weight is 267 g/mol. The Labute approximate surface area is 111 Å². The number of nitrogens with zero attached hydrogens (tertiary/aromatic N) is 2. The van der Waals surface area contributed by atoms with Crippen molar-refractivity contribution >= 4 is 29.0 Å². The monoisotopic (exact) mass is 266 g/mol. The molecule has 0 saturated heterocycles. The number of rotatable bonds is 4. The molecule has 0 heterocycles. The predicted octanol–water partition coefficient (Wildman–Crippen LogP) is 2.50. The van der Waals surface area contributed by atoms with Crippen LogP contribution in [0, 0.1) is 0 Å². The predicted molar refractivity (Wildman–Crippen MR) is 71.7 cm³/mol. The second kappa shape index (κ2) is 6.31. The number of benzene rings is 1. The van der Waals surface area contributed by atoms with E-state index in [1.807, 2.05) is 12.1 Å². The first-order valence-electron chi connectivity index (χ1n) is 5.49. The van der Waals surface area contributed by atoms with E-state index in [1.54, 1.807) is 19.1 Å². The molecule has 0 unspecified atom stereocenters. The van der Waals surface area contributed by atoms with Gasteiger partial charge >= 0.3 is 0 Å². The second-order valence-electron chi connectivity index (χ2n) is 3.97. The average Bonchev–Trinajstić information content (AvgIpc) is 2.28. The molecule has 0 radical (unpaired) electrons. The fourth-order valence-electron chi connectivity index (χ4n) is 1.36. The van der Waals surface area contributed by atoms with Crippen molar-refractivity contribution in [1.82, 2.24) is 5.01 Å². The molecule has 0 atom stereocenters. The number of ketones is 1. The zero-order valence-corrected chi connectivity index (χ0v) is 11.4. The van der Waals surface area contributed by atoms with Crippen LogP contribution in [0.25, 0.3) is 0 Å². The van der Waals surface area contributed by atoms with Crippen LogP contribution in [0.2, 0.25) is 5.02 Å². The summed E-state index contributed by atoms with van der Waals surface area (Å²) >= 11 is 5.79. The molecule has 4 nitrogen and oxygen atoms in total. The van der Waals surface area contributed by atoms with Crippen molar-refractivity contribution < 1.29 is 9.59 Å². The zero-order valence-electron chi connectivity index (χ0n) is 10.6. The molecule has 5 heteroatoms. The maximum absolute atomic E-state index is 11.3. The number of Topliss-reactive ketones (excluding diaryl/α,β-unsaturated/α-hetero) is 1. The third-order valence-corrected chi connectivity index (χ3v) is 2.52. The van der Waals surface area contributed by atoms with Gasteiger partial charge in [-0.2, -0.15) is 5.10 Å². The van der Waals surface area contributed by atoms with Crippen LogP contribution in [0.1, 0.15) is 26.3 Å². The van der Waals surface area contributed by atoms with Gasteiger partial charge in [-0.25, -0.2) is 5.01 Å². The van der Waals surface area contributed by atoms with Crippen molar-refractivity contribution in [2.24, 2.45) is 5.10 Å². The lowest BCUT2D eigenvalue weighted by atomic mass is 10.1. The number of hydrogen-bond donors (Lipinski definition) is 0. The summed E-state index contributed by atoms with van der Waals surface area (Å²) in [6.07, 6.45) is 0. The SMILES string of the molecule is CC(=O)CN(/N=C(\C)c1ccc(Cl)cc1)C(C)=O.